The van der Waals surface area contributed by atoms with Crippen LogP contribution in [-0.2, 0) is 0 Å². The fraction of sp³-hybridized carbons (Fsp3) is 0. The molecule has 0 saturated heterocycles. The lowest BCUT2D eigenvalue weighted by Crippen LogP contribution is -1.96. The summed E-state index contributed by atoms with van der Waals surface area (Å²) in [6.45, 7) is 0. The molecule has 1 heterocycles. The molecular weight excluding hydrogens is 120 g/mol. The third-order valence-corrected chi connectivity index (χ3v) is 0.827. The zero-order valence-corrected chi connectivity index (χ0v) is 4.53. The average molecular weight is 124 g/mol. The van der Waals surface area contributed by atoms with Gasteiger partial charge in [-0.05, 0) is 6.07 Å². The van der Waals surface area contributed by atoms with E-state index in [9.17, 15) is 9.59 Å². The van der Waals surface area contributed by atoms with Gasteiger partial charge in [-0.25, -0.2) is 4.79 Å². The molecule has 0 N–H and O–H groups in total. The Bertz CT molecular complexity index is 261. The number of rotatable bonds is 1. The van der Waals surface area contributed by atoms with Crippen LogP contribution in [0.15, 0.2) is 27.4 Å². The number of hydrogen-bond acceptors (Lipinski definition) is 3. The summed E-state index contributed by atoms with van der Waals surface area (Å²) in [6.07, 6.45) is 0.487. The molecule has 0 aromatic carbocycles. The summed E-state index contributed by atoms with van der Waals surface area (Å²) >= 11 is 0. The fourth-order valence-electron chi connectivity index (χ4n) is 0.469. The van der Waals surface area contributed by atoms with Crippen molar-refractivity contribution in [3.63, 3.8) is 0 Å². The Kier molecular flexibility index (Phi) is 1.44. The Labute approximate surface area is 50.9 Å². The molecule has 0 aliphatic carbocycles. The summed E-state index contributed by atoms with van der Waals surface area (Å²) < 4.78 is 4.40. The molecule has 0 fully saturated rings. The van der Waals surface area contributed by atoms with Crippen molar-refractivity contribution in [2.45, 2.75) is 0 Å². The highest BCUT2D eigenvalue weighted by molar-refractivity contribution is 5.69. The Morgan fingerprint density at radius 3 is 2.67 bits per heavy atom. The molecule has 3 heteroatoms. The summed E-state index contributed by atoms with van der Waals surface area (Å²) in [5.41, 5.74) is -0.500. The number of hydrogen-bond donors (Lipinski definition) is 0. The van der Waals surface area contributed by atoms with E-state index in [0.29, 0.717) is 6.29 Å². The summed E-state index contributed by atoms with van der Waals surface area (Å²) in [5.74, 6) is 0.0579. The van der Waals surface area contributed by atoms with Gasteiger partial charge >= 0.3 is 5.63 Å². The van der Waals surface area contributed by atoms with E-state index in [0.717, 1.165) is 0 Å². The monoisotopic (exact) mass is 124 g/mol. The van der Waals surface area contributed by atoms with Crippen molar-refractivity contribution in [1.29, 1.82) is 0 Å². The smallest absolute Gasteiger partial charge is 0.336 e. The van der Waals surface area contributed by atoms with Gasteiger partial charge in [0.1, 0.15) is 0 Å². The molecule has 3 nitrogen and oxygen atoms in total. The van der Waals surface area contributed by atoms with Crippen molar-refractivity contribution in [1.82, 2.24) is 0 Å². The topological polar surface area (TPSA) is 47.3 Å². The van der Waals surface area contributed by atoms with Crippen molar-refractivity contribution >= 4 is 6.29 Å². The van der Waals surface area contributed by atoms with Gasteiger partial charge in [0, 0.05) is 6.07 Å². The van der Waals surface area contributed by atoms with Crippen LogP contribution in [0.4, 0.5) is 0 Å². The molecule has 0 atom stereocenters. The Balaban J connectivity index is 3.23. The van der Waals surface area contributed by atoms with Crippen LogP contribution in [0.3, 0.4) is 0 Å². The molecule has 0 spiro atoms. The Morgan fingerprint density at radius 1 is 1.44 bits per heavy atom. The van der Waals surface area contributed by atoms with Crippen molar-refractivity contribution < 1.29 is 9.21 Å². The first-order valence-corrected chi connectivity index (χ1v) is 2.38. The van der Waals surface area contributed by atoms with Gasteiger partial charge in [0.15, 0.2) is 12.0 Å². The summed E-state index contributed by atoms with van der Waals surface area (Å²) in [4.78, 5) is 20.2. The van der Waals surface area contributed by atoms with Gasteiger partial charge in [-0.3, -0.25) is 4.79 Å². The van der Waals surface area contributed by atoms with Crippen LogP contribution in [0.5, 0.6) is 0 Å². The highest BCUT2D eigenvalue weighted by atomic mass is 16.4. The zero-order chi connectivity index (χ0) is 6.69. The summed E-state index contributed by atoms with van der Waals surface area (Å²) in [6, 6.07) is 4.14. The quantitative estimate of drug-likeness (QED) is 0.510. The largest absolute Gasteiger partial charge is 0.420 e. The van der Waals surface area contributed by atoms with Gasteiger partial charge in [-0.2, -0.15) is 0 Å². The third-order valence-electron chi connectivity index (χ3n) is 0.827. The van der Waals surface area contributed by atoms with Crippen molar-refractivity contribution in [3.8, 4) is 0 Å². The maximum Gasteiger partial charge on any atom is 0.336 e. The summed E-state index contributed by atoms with van der Waals surface area (Å²) in [5, 5.41) is 0. The predicted octanol–water partition coefficient (Wildman–Crippen LogP) is 0.452. The van der Waals surface area contributed by atoms with Gasteiger partial charge in [-0.15, -0.1) is 0 Å². The lowest BCUT2D eigenvalue weighted by atomic mass is 10.4. The van der Waals surface area contributed by atoms with E-state index < -0.39 is 5.63 Å². The van der Waals surface area contributed by atoms with Gasteiger partial charge in [0.2, 0.25) is 0 Å². The van der Waals surface area contributed by atoms with E-state index in [1.165, 1.54) is 18.2 Å². The maximum absolute atomic E-state index is 10.3. The van der Waals surface area contributed by atoms with Crippen LogP contribution >= 0.6 is 0 Å². The van der Waals surface area contributed by atoms with Gasteiger partial charge in [-0.1, -0.05) is 6.07 Å². The summed E-state index contributed by atoms with van der Waals surface area (Å²) in [7, 11) is 0. The number of carbonyl (C=O) groups is 1. The van der Waals surface area contributed by atoms with Crippen molar-refractivity contribution in [2.24, 2.45) is 0 Å². The molecule has 1 rings (SSSR count). The second kappa shape index (κ2) is 2.26. The van der Waals surface area contributed by atoms with E-state index in [2.05, 4.69) is 4.42 Å². The molecule has 0 aliphatic rings. The second-order valence-corrected chi connectivity index (χ2v) is 1.47. The molecule has 0 radical (unpaired) electrons. The average Bonchev–Trinajstić information content (AvgIpc) is 1.88. The van der Waals surface area contributed by atoms with E-state index in [1.807, 2.05) is 0 Å². The molecule has 0 bridgehead atoms. The Morgan fingerprint density at radius 2 is 2.22 bits per heavy atom. The van der Waals surface area contributed by atoms with Gasteiger partial charge in [0.05, 0.1) is 0 Å². The molecule has 0 aliphatic heterocycles. The minimum Gasteiger partial charge on any atom is -0.420 e. The second-order valence-electron chi connectivity index (χ2n) is 1.47. The van der Waals surface area contributed by atoms with Crippen LogP contribution in [-0.4, -0.2) is 6.29 Å². The van der Waals surface area contributed by atoms with Crippen LogP contribution in [0, 0.1) is 0 Å². The highest BCUT2D eigenvalue weighted by Gasteiger charge is 1.88. The first kappa shape index (κ1) is 5.75. The molecule has 0 amide bonds. The molecule has 9 heavy (non-hydrogen) atoms. The molecule has 46 valence electrons. The van der Waals surface area contributed by atoms with E-state index >= 15 is 0 Å². The van der Waals surface area contributed by atoms with E-state index in [-0.39, 0.29) is 5.76 Å². The predicted molar refractivity (Wildman–Crippen MR) is 30.4 cm³/mol. The molecule has 1 aromatic heterocycles. The lowest BCUT2D eigenvalue weighted by Gasteiger charge is -1.82. The van der Waals surface area contributed by atoms with Crippen LogP contribution in [0.25, 0.3) is 0 Å². The minimum absolute atomic E-state index is 0.0579. The van der Waals surface area contributed by atoms with Gasteiger partial charge in [0.25, 0.3) is 0 Å². The zero-order valence-electron chi connectivity index (χ0n) is 4.53. The number of carbonyl (C=O) groups excluding carboxylic acids is 1. The lowest BCUT2D eigenvalue weighted by molar-refractivity contribution is 0.109. The molecule has 0 unspecified atom stereocenters. The van der Waals surface area contributed by atoms with Crippen molar-refractivity contribution in [3.05, 3.63) is 34.4 Å². The van der Waals surface area contributed by atoms with E-state index in [1.54, 1.807) is 0 Å². The molecule has 1 aromatic rings. The standard InChI is InChI=1S/C6H4O3/c7-4-5-2-1-3-6(8)9-5/h1-4H. The minimum atomic E-state index is -0.500. The first-order valence-electron chi connectivity index (χ1n) is 2.38. The van der Waals surface area contributed by atoms with E-state index in [4.69, 9.17) is 0 Å². The van der Waals surface area contributed by atoms with Crippen molar-refractivity contribution in [2.75, 3.05) is 0 Å². The molecular formula is C6H4O3. The SMILES string of the molecule is O=Cc1cccc(=O)o1. The maximum atomic E-state index is 10.3. The normalized spacial score (nSPS) is 8.89. The third kappa shape index (κ3) is 1.25. The van der Waals surface area contributed by atoms with Gasteiger partial charge < -0.3 is 4.42 Å². The van der Waals surface area contributed by atoms with Crippen LogP contribution in [0.2, 0.25) is 0 Å². The first-order chi connectivity index (χ1) is 4.33. The van der Waals surface area contributed by atoms with Crippen LogP contribution in [0.1, 0.15) is 10.6 Å². The molecule has 0 saturated carbocycles. The Hall–Kier alpha value is -1.38. The fourth-order valence-corrected chi connectivity index (χ4v) is 0.469. The number of aldehydes is 1. The van der Waals surface area contributed by atoms with Crippen LogP contribution < -0.4 is 5.63 Å². The highest BCUT2D eigenvalue weighted by Crippen LogP contribution is 1.86.